The van der Waals surface area contributed by atoms with Crippen LogP contribution in [0.4, 0.5) is 0 Å². The summed E-state index contributed by atoms with van der Waals surface area (Å²) in [6, 6.07) is 8.53. The lowest BCUT2D eigenvalue weighted by Gasteiger charge is -2.29. The quantitative estimate of drug-likeness (QED) is 0.917. The van der Waals surface area contributed by atoms with Crippen molar-refractivity contribution < 1.29 is 9.84 Å². The van der Waals surface area contributed by atoms with Crippen molar-refractivity contribution in [1.29, 1.82) is 0 Å². The standard InChI is InChI=1S/C17H24N2O2/c1-21-10-9-19-12-14(16-6-2-3-7-17(16)19)11-18-8-4-5-15(20)13-18/h2-3,6-7,12,15,20H,4-5,8-11,13H2,1H3/t15-/m0/s1. The van der Waals surface area contributed by atoms with Gasteiger partial charge in [0, 0.05) is 43.8 Å². The molecule has 1 saturated heterocycles. The minimum atomic E-state index is -0.166. The number of methoxy groups -OCH3 is 1. The number of rotatable bonds is 5. The zero-order chi connectivity index (χ0) is 14.7. The van der Waals surface area contributed by atoms with E-state index in [4.69, 9.17) is 4.74 Å². The Hall–Kier alpha value is -1.36. The van der Waals surface area contributed by atoms with Gasteiger partial charge in [-0.15, -0.1) is 0 Å². The van der Waals surface area contributed by atoms with Crippen molar-refractivity contribution in [2.45, 2.75) is 32.0 Å². The molecule has 114 valence electrons. The van der Waals surface area contributed by atoms with Gasteiger partial charge < -0.3 is 14.4 Å². The largest absolute Gasteiger partial charge is 0.392 e. The van der Waals surface area contributed by atoms with Crippen molar-refractivity contribution in [2.24, 2.45) is 0 Å². The molecule has 1 aliphatic rings. The molecule has 0 radical (unpaired) electrons. The molecule has 4 heteroatoms. The number of β-amino-alcohol motifs (C(OH)–C–C–N with tert-alkyl or cyclic N) is 1. The first-order valence-corrected chi connectivity index (χ1v) is 7.74. The van der Waals surface area contributed by atoms with Gasteiger partial charge >= 0.3 is 0 Å². The summed E-state index contributed by atoms with van der Waals surface area (Å²) in [6.45, 7) is 4.38. The van der Waals surface area contributed by atoms with E-state index < -0.39 is 0 Å². The fourth-order valence-corrected chi connectivity index (χ4v) is 3.24. The van der Waals surface area contributed by atoms with Gasteiger partial charge in [0.2, 0.25) is 0 Å². The minimum absolute atomic E-state index is 0.166. The molecule has 0 saturated carbocycles. The second-order valence-electron chi connectivity index (χ2n) is 5.89. The molecule has 0 spiro atoms. The van der Waals surface area contributed by atoms with Crippen LogP contribution >= 0.6 is 0 Å². The molecule has 1 fully saturated rings. The summed E-state index contributed by atoms with van der Waals surface area (Å²) in [5.74, 6) is 0. The van der Waals surface area contributed by atoms with Gasteiger partial charge in [-0.2, -0.15) is 0 Å². The Morgan fingerprint density at radius 3 is 3.00 bits per heavy atom. The van der Waals surface area contributed by atoms with Crippen LogP contribution in [0.25, 0.3) is 10.9 Å². The molecule has 0 amide bonds. The predicted octanol–water partition coefficient (Wildman–Crippen LogP) is 2.24. The van der Waals surface area contributed by atoms with Gasteiger partial charge in [0.05, 0.1) is 12.7 Å². The van der Waals surface area contributed by atoms with Crippen LogP contribution in [0, 0.1) is 0 Å². The molecule has 1 N–H and O–H groups in total. The molecule has 0 bridgehead atoms. The van der Waals surface area contributed by atoms with E-state index in [1.165, 1.54) is 16.5 Å². The Kier molecular flexibility index (Phi) is 4.58. The SMILES string of the molecule is COCCn1cc(CN2CCC[C@H](O)C2)c2ccccc21. The Balaban J connectivity index is 1.84. The van der Waals surface area contributed by atoms with E-state index in [1.54, 1.807) is 7.11 Å². The molecule has 0 unspecified atom stereocenters. The topological polar surface area (TPSA) is 37.6 Å². The van der Waals surface area contributed by atoms with E-state index in [1.807, 2.05) is 0 Å². The van der Waals surface area contributed by atoms with Crippen LogP contribution in [0.5, 0.6) is 0 Å². The van der Waals surface area contributed by atoms with Crippen LogP contribution in [-0.4, -0.2) is 47.5 Å². The second-order valence-corrected chi connectivity index (χ2v) is 5.89. The van der Waals surface area contributed by atoms with Gasteiger partial charge in [-0.25, -0.2) is 0 Å². The summed E-state index contributed by atoms with van der Waals surface area (Å²) in [6.07, 6.45) is 4.10. The molecule has 2 aromatic rings. The third-order valence-corrected chi connectivity index (χ3v) is 4.28. The number of aliphatic hydroxyl groups is 1. The normalized spacial score (nSPS) is 20.2. The predicted molar refractivity (Wildman–Crippen MR) is 84.3 cm³/mol. The summed E-state index contributed by atoms with van der Waals surface area (Å²) in [5, 5.41) is 11.1. The number of para-hydroxylation sites is 1. The highest BCUT2D eigenvalue weighted by molar-refractivity contribution is 5.83. The van der Waals surface area contributed by atoms with E-state index >= 15 is 0 Å². The van der Waals surface area contributed by atoms with E-state index in [0.29, 0.717) is 0 Å². The van der Waals surface area contributed by atoms with Gasteiger partial charge in [0.25, 0.3) is 0 Å². The highest BCUT2D eigenvalue weighted by Gasteiger charge is 2.19. The zero-order valence-electron chi connectivity index (χ0n) is 12.7. The van der Waals surface area contributed by atoms with E-state index in [0.717, 1.165) is 45.6 Å². The van der Waals surface area contributed by atoms with Crippen molar-refractivity contribution in [3.8, 4) is 0 Å². The van der Waals surface area contributed by atoms with E-state index in [9.17, 15) is 5.11 Å². The molecule has 21 heavy (non-hydrogen) atoms. The lowest BCUT2D eigenvalue weighted by atomic mass is 10.1. The maximum absolute atomic E-state index is 9.83. The highest BCUT2D eigenvalue weighted by atomic mass is 16.5. The zero-order valence-corrected chi connectivity index (χ0v) is 12.7. The number of hydrogen-bond donors (Lipinski definition) is 1. The van der Waals surface area contributed by atoms with Crippen molar-refractivity contribution in [3.05, 3.63) is 36.0 Å². The average molecular weight is 288 g/mol. The summed E-state index contributed by atoms with van der Waals surface area (Å²) in [7, 11) is 1.74. The van der Waals surface area contributed by atoms with Gasteiger partial charge in [-0.3, -0.25) is 4.90 Å². The van der Waals surface area contributed by atoms with E-state index in [-0.39, 0.29) is 6.10 Å². The van der Waals surface area contributed by atoms with Crippen molar-refractivity contribution in [3.63, 3.8) is 0 Å². The summed E-state index contributed by atoms with van der Waals surface area (Å²) >= 11 is 0. The average Bonchev–Trinajstić information content (AvgIpc) is 2.84. The summed E-state index contributed by atoms with van der Waals surface area (Å²) in [5.41, 5.74) is 2.61. The first-order valence-electron chi connectivity index (χ1n) is 7.74. The molecular formula is C17H24N2O2. The van der Waals surface area contributed by atoms with Crippen molar-refractivity contribution >= 4 is 10.9 Å². The number of benzene rings is 1. The maximum atomic E-state index is 9.83. The minimum Gasteiger partial charge on any atom is -0.392 e. The number of aliphatic hydroxyl groups excluding tert-OH is 1. The first-order chi connectivity index (χ1) is 10.3. The molecular weight excluding hydrogens is 264 g/mol. The van der Waals surface area contributed by atoms with E-state index in [2.05, 4.69) is 39.9 Å². The van der Waals surface area contributed by atoms with Gasteiger partial charge in [0.15, 0.2) is 0 Å². The molecule has 4 nitrogen and oxygen atoms in total. The van der Waals surface area contributed by atoms with Crippen LogP contribution in [0.3, 0.4) is 0 Å². The molecule has 2 heterocycles. The van der Waals surface area contributed by atoms with Gasteiger partial charge in [-0.05, 0) is 31.0 Å². The lowest BCUT2D eigenvalue weighted by Crippen LogP contribution is -2.37. The van der Waals surface area contributed by atoms with Crippen LogP contribution in [0.2, 0.25) is 0 Å². The number of nitrogens with zero attached hydrogens (tertiary/aromatic N) is 2. The number of ether oxygens (including phenoxy) is 1. The number of likely N-dealkylation sites (tertiary alicyclic amines) is 1. The first kappa shape index (κ1) is 14.6. The van der Waals surface area contributed by atoms with Crippen LogP contribution in [0.1, 0.15) is 18.4 Å². The smallest absolute Gasteiger partial charge is 0.0667 e. The van der Waals surface area contributed by atoms with Gasteiger partial charge in [0.1, 0.15) is 0 Å². The Bertz CT molecular complexity index is 593. The van der Waals surface area contributed by atoms with Crippen molar-refractivity contribution in [1.82, 2.24) is 9.47 Å². The summed E-state index contributed by atoms with van der Waals surface area (Å²) in [4.78, 5) is 2.36. The van der Waals surface area contributed by atoms with Gasteiger partial charge in [-0.1, -0.05) is 18.2 Å². The number of piperidine rings is 1. The fourth-order valence-electron chi connectivity index (χ4n) is 3.24. The van der Waals surface area contributed by atoms with Crippen LogP contribution < -0.4 is 0 Å². The Morgan fingerprint density at radius 2 is 2.19 bits per heavy atom. The molecule has 1 aromatic carbocycles. The maximum Gasteiger partial charge on any atom is 0.0667 e. The molecule has 1 atom stereocenters. The summed E-state index contributed by atoms with van der Waals surface area (Å²) < 4.78 is 7.48. The third-order valence-electron chi connectivity index (χ3n) is 4.28. The number of aromatic nitrogens is 1. The fraction of sp³-hybridized carbons (Fsp3) is 0.529. The molecule has 1 aliphatic heterocycles. The second kappa shape index (κ2) is 6.60. The third kappa shape index (κ3) is 3.28. The number of fused-ring (bicyclic) bond motifs is 1. The van der Waals surface area contributed by atoms with Crippen molar-refractivity contribution in [2.75, 3.05) is 26.8 Å². The monoisotopic (exact) mass is 288 g/mol. The lowest BCUT2D eigenvalue weighted by molar-refractivity contribution is 0.0670. The molecule has 3 rings (SSSR count). The number of hydrogen-bond acceptors (Lipinski definition) is 3. The Morgan fingerprint density at radius 1 is 1.33 bits per heavy atom. The molecule has 0 aliphatic carbocycles. The van der Waals surface area contributed by atoms with Crippen LogP contribution in [0.15, 0.2) is 30.5 Å². The Labute approximate surface area is 125 Å². The van der Waals surface area contributed by atoms with Crippen LogP contribution in [-0.2, 0) is 17.8 Å². The molecule has 1 aromatic heterocycles. The highest BCUT2D eigenvalue weighted by Crippen LogP contribution is 2.24.